The summed E-state index contributed by atoms with van der Waals surface area (Å²) in [5.41, 5.74) is 1.53. The van der Waals surface area contributed by atoms with Crippen LogP contribution in [0.3, 0.4) is 0 Å². The standard InChI is InChI=1S/C15H19NO5S/c1-11-2-4-13(5-3-11)16(10-14(17)18)15(19)12-6-8-22(20,21)9-7-12/h2-5,12H,6-10H2,1H3,(H,17,18). The fourth-order valence-corrected chi connectivity index (χ4v) is 4.01. The van der Waals surface area contributed by atoms with Gasteiger partial charge in [0.15, 0.2) is 0 Å². The van der Waals surface area contributed by atoms with Crippen LogP contribution in [0, 0.1) is 12.8 Å². The molecule has 1 N–H and O–H groups in total. The van der Waals surface area contributed by atoms with E-state index in [0.29, 0.717) is 5.69 Å². The van der Waals surface area contributed by atoms with E-state index in [1.165, 1.54) is 4.90 Å². The van der Waals surface area contributed by atoms with E-state index >= 15 is 0 Å². The molecule has 1 aromatic rings. The molecular formula is C15H19NO5S. The Balaban J connectivity index is 2.20. The molecule has 7 heteroatoms. The maximum absolute atomic E-state index is 12.6. The minimum absolute atomic E-state index is 0.0157. The Hall–Kier alpha value is -1.89. The van der Waals surface area contributed by atoms with E-state index in [0.717, 1.165) is 5.56 Å². The molecule has 0 radical (unpaired) electrons. The normalized spacial score (nSPS) is 17.9. The van der Waals surface area contributed by atoms with Crippen LogP contribution in [0.4, 0.5) is 5.69 Å². The minimum atomic E-state index is -3.06. The average molecular weight is 325 g/mol. The molecule has 0 unspecified atom stereocenters. The minimum Gasteiger partial charge on any atom is -0.480 e. The molecule has 0 bridgehead atoms. The van der Waals surface area contributed by atoms with Crippen molar-refractivity contribution in [3.05, 3.63) is 29.8 Å². The molecule has 22 heavy (non-hydrogen) atoms. The van der Waals surface area contributed by atoms with Crippen LogP contribution < -0.4 is 4.90 Å². The van der Waals surface area contributed by atoms with E-state index in [1.54, 1.807) is 12.1 Å². The topological polar surface area (TPSA) is 91.8 Å². The zero-order valence-corrected chi connectivity index (χ0v) is 13.2. The molecule has 1 amide bonds. The second-order valence-corrected chi connectivity index (χ2v) is 7.88. The molecule has 0 aliphatic carbocycles. The molecule has 0 spiro atoms. The molecule has 1 fully saturated rings. The van der Waals surface area contributed by atoms with E-state index in [1.807, 2.05) is 19.1 Å². The van der Waals surface area contributed by atoms with Crippen molar-refractivity contribution in [3.8, 4) is 0 Å². The zero-order valence-electron chi connectivity index (χ0n) is 12.4. The van der Waals surface area contributed by atoms with Crippen molar-refractivity contribution in [2.24, 2.45) is 5.92 Å². The molecule has 1 aliphatic rings. The molecule has 0 aromatic heterocycles. The van der Waals surface area contributed by atoms with Gasteiger partial charge in [0.1, 0.15) is 16.4 Å². The van der Waals surface area contributed by atoms with Crippen LogP contribution in [-0.4, -0.2) is 43.5 Å². The number of hydrogen-bond donors (Lipinski definition) is 1. The van der Waals surface area contributed by atoms with E-state index in [2.05, 4.69) is 0 Å². The van der Waals surface area contributed by atoms with Crippen molar-refractivity contribution in [3.63, 3.8) is 0 Å². The monoisotopic (exact) mass is 325 g/mol. The Morgan fingerprint density at radius 1 is 1.18 bits per heavy atom. The Labute approximate surface area is 129 Å². The molecule has 2 rings (SSSR count). The van der Waals surface area contributed by atoms with Gasteiger partial charge >= 0.3 is 5.97 Å². The Morgan fingerprint density at radius 2 is 1.73 bits per heavy atom. The zero-order chi connectivity index (χ0) is 16.3. The van der Waals surface area contributed by atoms with Crippen LogP contribution in [0.1, 0.15) is 18.4 Å². The molecule has 1 aliphatic heterocycles. The summed E-state index contributed by atoms with van der Waals surface area (Å²) in [6.45, 7) is 1.48. The largest absolute Gasteiger partial charge is 0.480 e. The van der Waals surface area contributed by atoms with Crippen molar-refractivity contribution in [1.82, 2.24) is 0 Å². The van der Waals surface area contributed by atoms with Gasteiger partial charge in [-0.1, -0.05) is 17.7 Å². The first-order valence-corrected chi connectivity index (χ1v) is 8.91. The highest BCUT2D eigenvalue weighted by atomic mass is 32.2. The van der Waals surface area contributed by atoms with Gasteiger partial charge in [-0.3, -0.25) is 9.59 Å². The van der Waals surface area contributed by atoms with Crippen molar-refractivity contribution < 1.29 is 23.1 Å². The Morgan fingerprint density at radius 3 is 2.23 bits per heavy atom. The number of sulfone groups is 1. The fourth-order valence-electron chi connectivity index (χ4n) is 2.51. The highest BCUT2D eigenvalue weighted by Gasteiger charge is 2.32. The number of hydrogen-bond acceptors (Lipinski definition) is 4. The summed E-state index contributed by atoms with van der Waals surface area (Å²) in [6, 6.07) is 7.02. The van der Waals surface area contributed by atoms with Gasteiger partial charge in [-0.05, 0) is 31.9 Å². The second kappa shape index (κ2) is 6.48. The van der Waals surface area contributed by atoms with Crippen molar-refractivity contribution in [1.29, 1.82) is 0 Å². The number of anilines is 1. The summed E-state index contributed by atoms with van der Waals surface area (Å²) < 4.78 is 22.9. The first kappa shape index (κ1) is 16.5. The summed E-state index contributed by atoms with van der Waals surface area (Å²) in [5, 5.41) is 9.04. The quantitative estimate of drug-likeness (QED) is 0.899. The number of carbonyl (C=O) groups is 2. The van der Waals surface area contributed by atoms with Gasteiger partial charge in [-0.2, -0.15) is 0 Å². The predicted octanol–water partition coefficient (Wildman–Crippen LogP) is 1.24. The lowest BCUT2D eigenvalue weighted by atomic mass is 10.0. The fraction of sp³-hybridized carbons (Fsp3) is 0.467. The molecule has 0 saturated carbocycles. The van der Waals surface area contributed by atoms with Gasteiger partial charge in [0.2, 0.25) is 5.91 Å². The number of aryl methyl sites for hydroxylation is 1. The van der Waals surface area contributed by atoms with E-state index in [9.17, 15) is 18.0 Å². The van der Waals surface area contributed by atoms with Gasteiger partial charge in [0, 0.05) is 11.6 Å². The molecular weight excluding hydrogens is 306 g/mol. The highest BCUT2D eigenvalue weighted by Crippen LogP contribution is 2.24. The number of amides is 1. The van der Waals surface area contributed by atoms with E-state index in [4.69, 9.17) is 5.11 Å². The number of benzene rings is 1. The maximum atomic E-state index is 12.6. The van der Waals surface area contributed by atoms with Crippen LogP contribution in [0.2, 0.25) is 0 Å². The number of rotatable bonds is 4. The van der Waals surface area contributed by atoms with Crippen LogP contribution in [0.25, 0.3) is 0 Å². The number of carboxylic acids is 1. The third-order valence-electron chi connectivity index (χ3n) is 3.81. The number of carbonyl (C=O) groups excluding carboxylic acids is 1. The van der Waals surface area contributed by atoms with Gasteiger partial charge in [-0.15, -0.1) is 0 Å². The lowest BCUT2D eigenvalue weighted by Gasteiger charge is -2.28. The Kier molecular flexibility index (Phi) is 4.85. The maximum Gasteiger partial charge on any atom is 0.323 e. The van der Waals surface area contributed by atoms with Crippen molar-refractivity contribution in [2.75, 3.05) is 23.0 Å². The molecule has 1 aromatic carbocycles. The second-order valence-electron chi connectivity index (χ2n) is 5.58. The number of nitrogens with zero attached hydrogens (tertiary/aromatic N) is 1. The SMILES string of the molecule is Cc1ccc(N(CC(=O)O)C(=O)C2CCS(=O)(=O)CC2)cc1. The van der Waals surface area contributed by atoms with Crippen LogP contribution in [0.5, 0.6) is 0 Å². The molecule has 1 saturated heterocycles. The summed E-state index contributed by atoms with van der Waals surface area (Å²) >= 11 is 0. The van der Waals surface area contributed by atoms with Crippen LogP contribution >= 0.6 is 0 Å². The third kappa shape index (κ3) is 4.07. The van der Waals surface area contributed by atoms with Crippen LogP contribution in [0.15, 0.2) is 24.3 Å². The Bertz CT molecular complexity index is 652. The third-order valence-corrected chi connectivity index (χ3v) is 5.52. The predicted molar refractivity (Wildman–Crippen MR) is 82.5 cm³/mol. The summed E-state index contributed by atoms with van der Waals surface area (Å²) in [5.74, 6) is -1.89. The molecule has 0 atom stereocenters. The lowest BCUT2D eigenvalue weighted by Crippen LogP contribution is -2.42. The van der Waals surface area contributed by atoms with Gasteiger partial charge in [-0.25, -0.2) is 8.42 Å². The van der Waals surface area contributed by atoms with Crippen molar-refractivity contribution >= 4 is 27.4 Å². The van der Waals surface area contributed by atoms with Gasteiger partial charge < -0.3 is 10.0 Å². The smallest absolute Gasteiger partial charge is 0.323 e. The lowest BCUT2D eigenvalue weighted by molar-refractivity contribution is -0.137. The average Bonchev–Trinajstić information content (AvgIpc) is 2.45. The van der Waals surface area contributed by atoms with Crippen molar-refractivity contribution in [2.45, 2.75) is 19.8 Å². The van der Waals surface area contributed by atoms with Gasteiger partial charge in [0.05, 0.1) is 11.5 Å². The summed E-state index contributed by atoms with van der Waals surface area (Å²) in [4.78, 5) is 24.9. The highest BCUT2D eigenvalue weighted by molar-refractivity contribution is 7.91. The number of aliphatic carboxylic acids is 1. The molecule has 1 heterocycles. The van der Waals surface area contributed by atoms with E-state index in [-0.39, 0.29) is 30.3 Å². The van der Waals surface area contributed by atoms with E-state index < -0.39 is 28.3 Å². The molecule has 120 valence electrons. The first-order chi connectivity index (χ1) is 10.3. The van der Waals surface area contributed by atoms with Gasteiger partial charge in [0.25, 0.3) is 0 Å². The molecule has 6 nitrogen and oxygen atoms in total. The number of carboxylic acid groups (broad SMARTS) is 1. The summed E-state index contributed by atoms with van der Waals surface area (Å²) in [6.07, 6.45) is 0.506. The van der Waals surface area contributed by atoms with Crippen LogP contribution in [-0.2, 0) is 19.4 Å². The summed E-state index contributed by atoms with van der Waals surface area (Å²) in [7, 11) is -3.06. The first-order valence-electron chi connectivity index (χ1n) is 7.09.